The predicted octanol–water partition coefficient (Wildman–Crippen LogP) is 1.37. The second kappa shape index (κ2) is 9.93. The highest BCUT2D eigenvalue weighted by molar-refractivity contribution is 5.94. The first kappa shape index (κ1) is 19.9. The summed E-state index contributed by atoms with van der Waals surface area (Å²) in [6.45, 7) is 7.67. The van der Waals surface area contributed by atoms with Crippen LogP contribution < -0.4 is 10.6 Å². The largest absolute Gasteiger partial charge is 0.355 e. The van der Waals surface area contributed by atoms with Crippen LogP contribution in [0.25, 0.3) is 0 Å². The van der Waals surface area contributed by atoms with Crippen LogP contribution in [0.4, 0.5) is 0 Å². The normalized spacial score (nSPS) is 19.5. The van der Waals surface area contributed by atoms with Gasteiger partial charge in [0.2, 0.25) is 5.91 Å². The van der Waals surface area contributed by atoms with Gasteiger partial charge in [-0.05, 0) is 31.9 Å². The van der Waals surface area contributed by atoms with Crippen LogP contribution >= 0.6 is 0 Å². The Balaban J connectivity index is 2.04. The summed E-state index contributed by atoms with van der Waals surface area (Å²) in [4.78, 5) is 31.2. The van der Waals surface area contributed by atoms with Gasteiger partial charge < -0.3 is 10.6 Å². The summed E-state index contributed by atoms with van der Waals surface area (Å²) in [7, 11) is 0. The van der Waals surface area contributed by atoms with Gasteiger partial charge in [0.15, 0.2) is 0 Å². The molecule has 0 aromatic carbocycles. The lowest BCUT2D eigenvalue weighted by molar-refractivity contribution is -0.125. The molecule has 1 aromatic rings. The summed E-state index contributed by atoms with van der Waals surface area (Å²) in [5, 5.41) is 5.94. The number of aryl methyl sites for hydroxylation is 1. The molecule has 0 unspecified atom stereocenters. The average molecular weight is 356 g/mol. The van der Waals surface area contributed by atoms with Gasteiger partial charge in [-0.15, -0.1) is 5.92 Å². The average Bonchev–Trinajstić information content (AvgIpc) is 3.05. The maximum atomic E-state index is 12.6. The quantitative estimate of drug-likeness (QED) is 0.755. The molecule has 0 bridgehead atoms. The van der Waals surface area contributed by atoms with Crippen molar-refractivity contribution in [2.24, 2.45) is 0 Å². The van der Waals surface area contributed by atoms with E-state index in [2.05, 4.69) is 27.5 Å². The third-order valence-corrected chi connectivity index (χ3v) is 4.42. The molecule has 1 fully saturated rings. The van der Waals surface area contributed by atoms with E-state index >= 15 is 0 Å². The number of hydrogen-bond donors (Lipinski definition) is 2. The number of pyridine rings is 1. The van der Waals surface area contributed by atoms with Crippen molar-refractivity contribution >= 4 is 11.8 Å². The van der Waals surface area contributed by atoms with Crippen LogP contribution in [-0.4, -0.2) is 53.4 Å². The van der Waals surface area contributed by atoms with Crippen LogP contribution in [0.1, 0.15) is 49.7 Å². The zero-order chi connectivity index (χ0) is 18.9. The van der Waals surface area contributed by atoms with Crippen molar-refractivity contribution in [2.75, 3.05) is 19.6 Å². The Labute approximate surface area is 155 Å². The number of carbonyl (C=O) groups excluding carboxylic acids is 2. The third-order valence-electron chi connectivity index (χ3n) is 4.42. The van der Waals surface area contributed by atoms with Gasteiger partial charge in [-0.25, -0.2) is 0 Å². The maximum absolute atomic E-state index is 12.6. The van der Waals surface area contributed by atoms with E-state index in [9.17, 15) is 9.59 Å². The number of amides is 2. The molecule has 0 saturated carbocycles. The van der Waals surface area contributed by atoms with Crippen molar-refractivity contribution in [3.63, 3.8) is 0 Å². The van der Waals surface area contributed by atoms with E-state index in [-0.39, 0.29) is 23.9 Å². The Kier molecular flexibility index (Phi) is 7.61. The number of likely N-dealkylation sites (tertiary alicyclic amines) is 1. The van der Waals surface area contributed by atoms with Crippen LogP contribution in [-0.2, 0) is 11.2 Å². The van der Waals surface area contributed by atoms with E-state index in [1.165, 1.54) is 0 Å². The lowest BCUT2D eigenvalue weighted by atomic mass is 10.1. The summed E-state index contributed by atoms with van der Waals surface area (Å²) in [6.07, 6.45) is 3.83. The van der Waals surface area contributed by atoms with E-state index in [0.29, 0.717) is 31.6 Å². The van der Waals surface area contributed by atoms with Crippen LogP contribution in [0.5, 0.6) is 0 Å². The van der Waals surface area contributed by atoms with Crippen molar-refractivity contribution < 1.29 is 9.59 Å². The maximum Gasteiger partial charge on any atom is 0.251 e. The fraction of sp³-hybridized carbons (Fsp3) is 0.550. The molecule has 26 heavy (non-hydrogen) atoms. The van der Waals surface area contributed by atoms with Gasteiger partial charge in [-0.1, -0.05) is 19.8 Å². The number of likely N-dealkylation sites (N-methyl/N-ethyl adjacent to an activating group) is 1. The van der Waals surface area contributed by atoms with Crippen molar-refractivity contribution in [1.29, 1.82) is 0 Å². The van der Waals surface area contributed by atoms with Gasteiger partial charge in [-0.2, -0.15) is 0 Å². The second-order valence-electron chi connectivity index (χ2n) is 6.34. The molecule has 2 heterocycles. The van der Waals surface area contributed by atoms with Gasteiger partial charge in [-0.3, -0.25) is 19.5 Å². The molecule has 6 heteroatoms. The third kappa shape index (κ3) is 5.30. The highest BCUT2D eigenvalue weighted by atomic mass is 16.2. The minimum atomic E-state index is -0.255. The van der Waals surface area contributed by atoms with Crippen LogP contribution in [0, 0.1) is 11.8 Å². The molecule has 1 aliphatic heterocycles. The number of rotatable bonds is 6. The van der Waals surface area contributed by atoms with Crippen molar-refractivity contribution in [2.45, 2.75) is 52.1 Å². The molecule has 0 radical (unpaired) electrons. The van der Waals surface area contributed by atoms with Gasteiger partial charge in [0.1, 0.15) is 0 Å². The number of nitrogens with zero attached hydrogens (tertiary/aromatic N) is 2. The molecule has 1 saturated heterocycles. The number of nitrogens with one attached hydrogen (secondary N) is 2. The van der Waals surface area contributed by atoms with Crippen LogP contribution in [0.15, 0.2) is 18.3 Å². The molecule has 1 aliphatic rings. The molecule has 2 rings (SSSR count). The Bertz CT molecular complexity index is 693. The monoisotopic (exact) mass is 356 g/mol. The molecule has 0 aliphatic carbocycles. The van der Waals surface area contributed by atoms with Crippen LogP contribution in [0.2, 0.25) is 0 Å². The highest BCUT2D eigenvalue weighted by Crippen LogP contribution is 2.18. The van der Waals surface area contributed by atoms with Gasteiger partial charge >= 0.3 is 0 Å². The van der Waals surface area contributed by atoms with Crippen LogP contribution in [0.3, 0.4) is 0 Å². The van der Waals surface area contributed by atoms with Crippen molar-refractivity contribution in [3.8, 4) is 11.8 Å². The Morgan fingerprint density at radius 1 is 1.31 bits per heavy atom. The molecule has 6 nitrogen and oxygen atoms in total. The molecule has 0 spiro atoms. The number of carbonyl (C=O) groups is 2. The predicted molar refractivity (Wildman–Crippen MR) is 102 cm³/mol. The topological polar surface area (TPSA) is 74.3 Å². The SMILES string of the molecule is CCC#CCN1C[C@@H](NC(=O)c2ccnc(CC)c2)C[C@H]1C(=O)NCC. The lowest BCUT2D eigenvalue weighted by Crippen LogP contribution is -2.43. The first-order valence-electron chi connectivity index (χ1n) is 9.32. The Morgan fingerprint density at radius 3 is 2.81 bits per heavy atom. The van der Waals surface area contributed by atoms with Crippen molar-refractivity contribution in [1.82, 2.24) is 20.5 Å². The summed E-state index contributed by atoms with van der Waals surface area (Å²) >= 11 is 0. The minimum Gasteiger partial charge on any atom is -0.355 e. The number of hydrogen-bond acceptors (Lipinski definition) is 4. The summed E-state index contributed by atoms with van der Waals surface area (Å²) in [5.74, 6) is 6.02. The molecule has 2 atom stereocenters. The van der Waals surface area contributed by atoms with E-state index < -0.39 is 0 Å². The zero-order valence-electron chi connectivity index (χ0n) is 15.8. The van der Waals surface area contributed by atoms with Gasteiger partial charge in [0.05, 0.1) is 12.6 Å². The minimum absolute atomic E-state index is 0.000252. The lowest BCUT2D eigenvalue weighted by Gasteiger charge is -2.20. The standard InChI is InChI=1S/C20H28N4O2/c1-4-7-8-11-24-14-17(13-18(24)20(26)21-6-3)23-19(25)15-9-10-22-16(5-2)12-15/h9-10,12,17-18H,4-6,11,13-14H2,1-3H3,(H,21,26)(H,23,25)/t17-,18-/m0/s1. The molecule has 2 N–H and O–H groups in total. The second-order valence-corrected chi connectivity index (χ2v) is 6.34. The summed E-state index contributed by atoms with van der Waals surface area (Å²) < 4.78 is 0. The first-order chi connectivity index (χ1) is 12.6. The molecular formula is C20H28N4O2. The number of aromatic nitrogens is 1. The summed E-state index contributed by atoms with van der Waals surface area (Å²) in [5.41, 5.74) is 1.50. The van der Waals surface area contributed by atoms with E-state index in [1.54, 1.807) is 12.3 Å². The molecule has 2 amide bonds. The smallest absolute Gasteiger partial charge is 0.251 e. The van der Waals surface area contributed by atoms with E-state index in [0.717, 1.165) is 18.5 Å². The fourth-order valence-electron chi connectivity index (χ4n) is 3.11. The molecular weight excluding hydrogens is 328 g/mol. The molecule has 140 valence electrons. The fourth-order valence-corrected chi connectivity index (χ4v) is 3.11. The van der Waals surface area contributed by atoms with Gasteiger partial charge in [0.25, 0.3) is 5.91 Å². The van der Waals surface area contributed by atoms with Gasteiger partial charge in [0, 0.05) is 43.0 Å². The zero-order valence-corrected chi connectivity index (χ0v) is 15.8. The highest BCUT2D eigenvalue weighted by Gasteiger charge is 2.36. The first-order valence-corrected chi connectivity index (χ1v) is 9.32. The summed E-state index contributed by atoms with van der Waals surface area (Å²) in [6, 6.07) is 3.21. The molecule has 1 aromatic heterocycles. The van der Waals surface area contributed by atoms with E-state index in [4.69, 9.17) is 0 Å². The van der Waals surface area contributed by atoms with Crippen molar-refractivity contribution in [3.05, 3.63) is 29.6 Å². The Hall–Kier alpha value is -2.39. The Morgan fingerprint density at radius 2 is 2.12 bits per heavy atom. The van der Waals surface area contributed by atoms with E-state index in [1.807, 2.05) is 31.7 Å².